The van der Waals surface area contributed by atoms with E-state index in [0.717, 1.165) is 16.7 Å². The number of nitrogens with zero attached hydrogens (tertiary/aromatic N) is 3. The SMILES string of the molecule is CCOC(=O)CN(Cc1ccc(C)cc1)C(=O)C=Cc1cnn(C)c1. The van der Waals surface area contributed by atoms with Crippen LogP contribution in [-0.4, -0.2) is 39.7 Å². The highest BCUT2D eigenvalue weighted by atomic mass is 16.5. The van der Waals surface area contributed by atoms with E-state index in [1.54, 1.807) is 30.1 Å². The molecule has 0 atom stereocenters. The minimum absolute atomic E-state index is 0.0854. The van der Waals surface area contributed by atoms with Crippen LogP contribution in [0.25, 0.3) is 6.08 Å². The molecule has 0 aliphatic heterocycles. The smallest absolute Gasteiger partial charge is 0.325 e. The van der Waals surface area contributed by atoms with Gasteiger partial charge in [-0.25, -0.2) is 0 Å². The predicted molar refractivity (Wildman–Crippen MR) is 95.5 cm³/mol. The number of ether oxygens (including phenoxy) is 1. The number of aromatic nitrogens is 2. The Morgan fingerprint density at radius 3 is 2.60 bits per heavy atom. The maximum absolute atomic E-state index is 12.5. The third-order valence-electron chi connectivity index (χ3n) is 3.57. The molecule has 6 nitrogen and oxygen atoms in total. The third kappa shape index (κ3) is 5.91. The number of carbonyl (C=O) groups is 2. The standard InChI is InChI=1S/C19H23N3O3/c1-4-25-19(24)14-22(13-16-7-5-15(2)6-8-16)18(23)10-9-17-11-20-21(3)12-17/h5-12H,4,13-14H2,1-3H3. The molecule has 2 rings (SSSR count). The Balaban J connectivity index is 2.11. The molecule has 0 aliphatic rings. The molecule has 1 aromatic heterocycles. The highest BCUT2D eigenvalue weighted by Gasteiger charge is 2.16. The van der Waals surface area contributed by atoms with Crippen molar-refractivity contribution >= 4 is 18.0 Å². The van der Waals surface area contributed by atoms with Gasteiger partial charge >= 0.3 is 5.97 Å². The number of amides is 1. The normalized spacial score (nSPS) is 10.8. The first-order valence-corrected chi connectivity index (χ1v) is 8.14. The summed E-state index contributed by atoms with van der Waals surface area (Å²) >= 11 is 0. The first-order chi connectivity index (χ1) is 12.0. The Hall–Kier alpha value is -2.89. The van der Waals surface area contributed by atoms with E-state index in [0.29, 0.717) is 6.54 Å². The molecule has 1 amide bonds. The molecule has 132 valence electrons. The van der Waals surface area contributed by atoms with Gasteiger partial charge in [0.2, 0.25) is 5.91 Å². The van der Waals surface area contributed by atoms with Crippen molar-refractivity contribution in [2.75, 3.05) is 13.2 Å². The van der Waals surface area contributed by atoms with Crippen molar-refractivity contribution in [1.29, 1.82) is 0 Å². The lowest BCUT2D eigenvalue weighted by atomic mass is 10.1. The molecule has 0 N–H and O–H groups in total. The maximum Gasteiger partial charge on any atom is 0.325 e. The van der Waals surface area contributed by atoms with Crippen LogP contribution in [0.2, 0.25) is 0 Å². The second-order valence-electron chi connectivity index (χ2n) is 5.77. The zero-order valence-corrected chi connectivity index (χ0v) is 14.8. The van der Waals surface area contributed by atoms with Gasteiger partial charge in [-0.15, -0.1) is 0 Å². The van der Waals surface area contributed by atoms with Gasteiger partial charge in [-0.05, 0) is 25.5 Å². The number of aryl methyl sites for hydroxylation is 2. The number of carbonyl (C=O) groups excluding carboxylic acids is 2. The molecule has 25 heavy (non-hydrogen) atoms. The second-order valence-corrected chi connectivity index (χ2v) is 5.77. The molecule has 0 spiro atoms. The minimum atomic E-state index is -0.419. The average molecular weight is 341 g/mol. The molecule has 0 radical (unpaired) electrons. The molecule has 0 saturated carbocycles. The first kappa shape index (κ1) is 18.4. The fraction of sp³-hybridized carbons (Fsp3) is 0.316. The quantitative estimate of drug-likeness (QED) is 0.573. The van der Waals surface area contributed by atoms with Crippen molar-refractivity contribution in [3.05, 3.63) is 59.4 Å². The van der Waals surface area contributed by atoms with Crippen LogP contribution >= 0.6 is 0 Å². The van der Waals surface area contributed by atoms with Gasteiger partial charge in [-0.2, -0.15) is 5.10 Å². The van der Waals surface area contributed by atoms with Crippen LogP contribution < -0.4 is 0 Å². The Bertz CT molecular complexity index is 748. The Morgan fingerprint density at radius 2 is 2.00 bits per heavy atom. The maximum atomic E-state index is 12.5. The first-order valence-electron chi connectivity index (χ1n) is 8.14. The largest absolute Gasteiger partial charge is 0.465 e. The molecule has 1 heterocycles. The van der Waals surface area contributed by atoms with E-state index in [2.05, 4.69) is 5.10 Å². The molecule has 1 aromatic carbocycles. The zero-order chi connectivity index (χ0) is 18.2. The van der Waals surface area contributed by atoms with Crippen LogP contribution in [0.1, 0.15) is 23.6 Å². The van der Waals surface area contributed by atoms with E-state index in [1.165, 1.54) is 11.0 Å². The molecule has 0 saturated heterocycles. The van der Waals surface area contributed by atoms with Crippen LogP contribution in [0, 0.1) is 6.92 Å². The number of benzene rings is 1. The van der Waals surface area contributed by atoms with E-state index < -0.39 is 5.97 Å². The van der Waals surface area contributed by atoms with Crippen molar-refractivity contribution in [1.82, 2.24) is 14.7 Å². The molecule has 0 aliphatic carbocycles. The topological polar surface area (TPSA) is 64.4 Å². The Labute approximate surface area is 147 Å². The summed E-state index contributed by atoms with van der Waals surface area (Å²) in [6.07, 6.45) is 6.60. The van der Waals surface area contributed by atoms with Crippen molar-refractivity contribution in [3.63, 3.8) is 0 Å². The van der Waals surface area contributed by atoms with Gasteiger partial charge in [0.15, 0.2) is 0 Å². The summed E-state index contributed by atoms with van der Waals surface area (Å²) in [6.45, 7) is 4.29. The summed E-state index contributed by atoms with van der Waals surface area (Å²) in [5.74, 6) is -0.671. The molecular formula is C19H23N3O3. The Morgan fingerprint density at radius 1 is 1.28 bits per heavy atom. The lowest BCUT2D eigenvalue weighted by molar-refractivity contribution is -0.148. The summed E-state index contributed by atoms with van der Waals surface area (Å²) in [4.78, 5) is 25.8. The van der Waals surface area contributed by atoms with Crippen molar-refractivity contribution < 1.29 is 14.3 Å². The van der Waals surface area contributed by atoms with Crippen molar-refractivity contribution in [3.8, 4) is 0 Å². The molecular weight excluding hydrogens is 318 g/mol. The number of rotatable bonds is 7. The van der Waals surface area contributed by atoms with E-state index in [-0.39, 0.29) is 19.1 Å². The number of esters is 1. The number of hydrogen-bond acceptors (Lipinski definition) is 4. The van der Waals surface area contributed by atoms with Gasteiger partial charge in [0.05, 0.1) is 12.8 Å². The van der Waals surface area contributed by atoms with Gasteiger partial charge in [-0.3, -0.25) is 14.3 Å². The highest BCUT2D eigenvalue weighted by Crippen LogP contribution is 2.09. The molecule has 6 heteroatoms. The highest BCUT2D eigenvalue weighted by molar-refractivity contribution is 5.93. The third-order valence-corrected chi connectivity index (χ3v) is 3.57. The molecule has 2 aromatic rings. The molecule has 0 bridgehead atoms. The van der Waals surface area contributed by atoms with E-state index in [9.17, 15) is 9.59 Å². The van der Waals surface area contributed by atoms with Crippen LogP contribution in [0.15, 0.2) is 42.7 Å². The molecule has 0 fully saturated rings. The van der Waals surface area contributed by atoms with Crippen molar-refractivity contribution in [2.24, 2.45) is 7.05 Å². The van der Waals surface area contributed by atoms with Gasteiger partial charge < -0.3 is 9.64 Å². The minimum Gasteiger partial charge on any atom is -0.465 e. The average Bonchev–Trinajstić information content (AvgIpc) is 2.99. The van der Waals surface area contributed by atoms with Gasteiger partial charge in [0.1, 0.15) is 6.54 Å². The summed E-state index contributed by atoms with van der Waals surface area (Å²) in [7, 11) is 1.81. The van der Waals surface area contributed by atoms with E-state index in [4.69, 9.17) is 4.74 Å². The lowest BCUT2D eigenvalue weighted by Gasteiger charge is -2.20. The number of hydrogen-bond donors (Lipinski definition) is 0. The lowest BCUT2D eigenvalue weighted by Crippen LogP contribution is -2.35. The summed E-state index contributed by atoms with van der Waals surface area (Å²) in [5, 5.41) is 4.05. The zero-order valence-electron chi connectivity index (χ0n) is 14.8. The molecule has 0 unspecified atom stereocenters. The fourth-order valence-corrected chi connectivity index (χ4v) is 2.29. The summed E-state index contributed by atoms with van der Waals surface area (Å²) in [5.41, 5.74) is 2.92. The fourth-order valence-electron chi connectivity index (χ4n) is 2.29. The van der Waals surface area contributed by atoms with Crippen LogP contribution in [0.3, 0.4) is 0 Å². The van der Waals surface area contributed by atoms with Gasteiger partial charge in [-0.1, -0.05) is 29.8 Å². The van der Waals surface area contributed by atoms with Crippen LogP contribution in [-0.2, 0) is 27.9 Å². The van der Waals surface area contributed by atoms with E-state index >= 15 is 0 Å². The Kier molecular flexibility index (Phi) is 6.51. The van der Waals surface area contributed by atoms with Crippen molar-refractivity contribution in [2.45, 2.75) is 20.4 Å². The summed E-state index contributed by atoms with van der Waals surface area (Å²) < 4.78 is 6.63. The van der Waals surface area contributed by atoms with E-state index in [1.807, 2.05) is 38.2 Å². The van der Waals surface area contributed by atoms with Crippen LogP contribution in [0.4, 0.5) is 0 Å². The monoisotopic (exact) mass is 341 g/mol. The summed E-state index contributed by atoms with van der Waals surface area (Å²) in [6, 6.07) is 7.86. The van der Waals surface area contributed by atoms with Crippen LogP contribution in [0.5, 0.6) is 0 Å². The second kappa shape index (κ2) is 8.82. The van der Waals surface area contributed by atoms with Gasteiger partial charge in [0, 0.05) is 31.4 Å². The van der Waals surface area contributed by atoms with Gasteiger partial charge in [0.25, 0.3) is 0 Å². The predicted octanol–water partition coefficient (Wildman–Crippen LogP) is 2.33.